The molecule has 2 amide bonds. The van der Waals surface area contributed by atoms with Crippen LogP contribution in [0, 0.1) is 12.8 Å². The zero-order valence-corrected chi connectivity index (χ0v) is 17.0. The number of aryl methyl sites for hydroxylation is 1. The lowest BCUT2D eigenvalue weighted by Crippen LogP contribution is -2.33. The monoisotopic (exact) mass is 403 g/mol. The molecular weight excluding hydrogens is 378 g/mol. The van der Waals surface area contributed by atoms with E-state index in [1.54, 1.807) is 18.3 Å². The van der Waals surface area contributed by atoms with Gasteiger partial charge in [-0.2, -0.15) is 0 Å². The van der Waals surface area contributed by atoms with E-state index in [1.165, 1.54) is 0 Å². The molecule has 6 heteroatoms. The number of rotatable bonds is 5. The maximum atomic E-state index is 13.0. The molecule has 1 aliphatic rings. The molecule has 0 atom stereocenters. The van der Waals surface area contributed by atoms with Crippen molar-refractivity contribution in [1.82, 2.24) is 10.3 Å². The molecule has 0 aliphatic carbocycles. The Morgan fingerprint density at radius 2 is 1.77 bits per heavy atom. The highest BCUT2D eigenvalue weighted by Gasteiger charge is 2.19. The van der Waals surface area contributed by atoms with E-state index in [9.17, 15) is 9.59 Å². The van der Waals surface area contributed by atoms with Crippen LogP contribution in [0.5, 0.6) is 0 Å². The Balaban J connectivity index is 1.52. The Morgan fingerprint density at radius 3 is 2.57 bits per heavy atom. The van der Waals surface area contributed by atoms with E-state index in [-0.39, 0.29) is 17.5 Å². The van der Waals surface area contributed by atoms with Crippen LogP contribution in [0.25, 0.3) is 10.8 Å². The summed E-state index contributed by atoms with van der Waals surface area (Å²) in [5.74, 6) is -0.146. The van der Waals surface area contributed by atoms with E-state index in [4.69, 9.17) is 4.74 Å². The number of amides is 2. The van der Waals surface area contributed by atoms with Gasteiger partial charge >= 0.3 is 0 Å². The highest BCUT2D eigenvalue weighted by Crippen LogP contribution is 2.24. The Kier molecular flexibility index (Phi) is 6.05. The molecule has 2 N–H and O–H groups in total. The number of ether oxygens (including phenoxy) is 1. The summed E-state index contributed by atoms with van der Waals surface area (Å²) in [7, 11) is 0. The van der Waals surface area contributed by atoms with Gasteiger partial charge in [-0.1, -0.05) is 30.3 Å². The van der Waals surface area contributed by atoms with Gasteiger partial charge in [0.15, 0.2) is 5.69 Å². The molecule has 0 saturated carbocycles. The minimum atomic E-state index is -0.286. The van der Waals surface area contributed by atoms with Gasteiger partial charge in [0.05, 0.1) is 5.69 Å². The molecule has 0 radical (unpaired) electrons. The van der Waals surface area contributed by atoms with Gasteiger partial charge in [0.25, 0.3) is 11.8 Å². The number of anilines is 1. The van der Waals surface area contributed by atoms with Gasteiger partial charge in [0, 0.05) is 31.5 Å². The molecule has 2 heterocycles. The van der Waals surface area contributed by atoms with Crippen LogP contribution in [0.2, 0.25) is 0 Å². The molecule has 0 unspecified atom stereocenters. The topological polar surface area (TPSA) is 80.3 Å². The van der Waals surface area contributed by atoms with Gasteiger partial charge in [-0.05, 0) is 60.2 Å². The van der Waals surface area contributed by atoms with Crippen LogP contribution in [0.1, 0.15) is 39.3 Å². The zero-order chi connectivity index (χ0) is 20.9. The minimum absolute atomic E-state index is 0.217. The molecule has 3 aromatic rings. The van der Waals surface area contributed by atoms with Crippen molar-refractivity contribution in [2.24, 2.45) is 5.92 Å². The summed E-state index contributed by atoms with van der Waals surface area (Å²) in [6, 6.07) is 15.0. The number of nitrogens with one attached hydrogen (secondary N) is 2. The SMILES string of the molecule is Cc1ccc(C(=O)Nc2cccnc2C(=O)NCC2CCOCC2)c2ccccc12. The average molecular weight is 403 g/mol. The summed E-state index contributed by atoms with van der Waals surface area (Å²) >= 11 is 0. The van der Waals surface area contributed by atoms with Crippen molar-refractivity contribution in [3.05, 3.63) is 71.5 Å². The van der Waals surface area contributed by atoms with Gasteiger partial charge in [-0.15, -0.1) is 0 Å². The quantitative estimate of drug-likeness (QED) is 0.676. The van der Waals surface area contributed by atoms with Crippen LogP contribution >= 0.6 is 0 Å². The van der Waals surface area contributed by atoms with Crippen LogP contribution in [0.15, 0.2) is 54.7 Å². The lowest BCUT2D eigenvalue weighted by Gasteiger charge is -2.22. The molecule has 30 heavy (non-hydrogen) atoms. The number of nitrogens with zero attached hydrogens (tertiary/aromatic N) is 1. The first-order valence-electron chi connectivity index (χ1n) is 10.2. The van der Waals surface area contributed by atoms with Gasteiger partial charge < -0.3 is 15.4 Å². The summed E-state index contributed by atoms with van der Waals surface area (Å²) in [6.45, 7) is 4.06. The second-order valence-electron chi connectivity index (χ2n) is 7.60. The summed E-state index contributed by atoms with van der Waals surface area (Å²) in [6.07, 6.45) is 3.43. The third-order valence-electron chi connectivity index (χ3n) is 5.55. The van der Waals surface area contributed by atoms with E-state index in [0.717, 1.165) is 42.4 Å². The number of benzene rings is 2. The van der Waals surface area contributed by atoms with Crippen LogP contribution in [-0.4, -0.2) is 36.6 Å². The average Bonchev–Trinajstić information content (AvgIpc) is 2.79. The van der Waals surface area contributed by atoms with Gasteiger partial charge in [0.1, 0.15) is 0 Å². The summed E-state index contributed by atoms with van der Waals surface area (Å²) in [5.41, 5.74) is 2.29. The maximum Gasteiger partial charge on any atom is 0.272 e. The van der Waals surface area contributed by atoms with Gasteiger partial charge in [-0.3, -0.25) is 9.59 Å². The first-order valence-corrected chi connectivity index (χ1v) is 10.2. The second-order valence-corrected chi connectivity index (χ2v) is 7.60. The number of carbonyl (C=O) groups is 2. The first-order chi connectivity index (χ1) is 14.6. The number of fused-ring (bicyclic) bond motifs is 1. The van der Waals surface area contributed by atoms with Crippen molar-refractivity contribution in [1.29, 1.82) is 0 Å². The smallest absolute Gasteiger partial charge is 0.272 e. The van der Waals surface area contributed by atoms with Crippen molar-refractivity contribution in [2.75, 3.05) is 25.1 Å². The van der Waals surface area contributed by atoms with Crippen molar-refractivity contribution < 1.29 is 14.3 Å². The van der Waals surface area contributed by atoms with E-state index < -0.39 is 0 Å². The van der Waals surface area contributed by atoms with Crippen LogP contribution in [-0.2, 0) is 4.74 Å². The van der Waals surface area contributed by atoms with Crippen LogP contribution in [0.3, 0.4) is 0 Å². The molecule has 0 spiro atoms. The van der Waals surface area contributed by atoms with Gasteiger partial charge in [0.2, 0.25) is 0 Å². The Hall–Kier alpha value is -3.25. The van der Waals surface area contributed by atoms with E-state index in [0.29, 0.717) is 23.7 Å². The van der Waals surface area contributed by atoms with Crippen molar-refractivity contribution in [3.8, 4) is 0 Å². The standard InChI is InChI=1S/C24H25N3O3/c1-16-8-9-20(19-6-3-2-5-18(16)19)23(28)27-21-7-4-12-25-22(21)24(29)26-15-17-10-13-30-14-11-17/h2-9,12,17H,10-11,13-15H2,1H3,(H,26,29)(H,27,28). The largest absolute Gasteiger partial charge is 0.381 e. The van der Waals surface area contributed by atoms with E-state index in [1.807, 2.05) is 43.3 Å². The van der Waals surface area contributed by atoms with Crippen LogP contribution in [0.4, 0.5) is 5.69 Å². The zero-order valence-electron chi connectivity index (χ0n) is 17.0. The van der Waals surface area contributed by atoms with Crippen molar-refractivity contribution in [3.63, 3.8) is 0 Å². The summed E-state index contributed by atoms with van der Waals surface area (Å²) in [5, 5.41) is 7.74. The second kappa shape index (κ2) is 9.05. The molecule has 154 valence electrons. The molecule has 1 aromatic heterocycles. The minimum Gasteiger partial charge on any atom is -0.381 e. The fourth-order valence-corrected chi connectivity index (χ4v) is 3.80. The molecule has 4 rings (SSSR count). The third-order valence-corrected chi connectivity index (χ3v) is 5.55. The number of pyridine rings is 1. The number of carbonyl (C=O) groups excluding carboxylic acids is 2. The molecule has 1 fully saturated rings. The van der Waals surface area contributed by atoms with E-state index in [2.05, 4.69) is 15.6 Å². The van der Waals surface area contributed by atoms with Crippen molar-refractivity contribution >= 4 is 28.3 Å². The fourth-order valence-electron chi connectivity index (χ4n) is 3.80. The molecule has 0 bridgehead atoms. The normalized spacial score (nSPS) is 14.4. The Morgan fingerprint density at radius 1 is 1.00 bits per heavy atom. The third kappa shape index (κ3) is 4.33. The molecular formula is C24H25N3O3. The highest BCUT2D eigenvalue weighted by molar-refractivity contribution is 6.14. The number of aromatic nitrogens is 1. The number of hydrogen-bond acceptors (Lipinski definition) is 4. The van der Waals surface area contributed by atoms with Crippen LogP contribution < -0.4 is 10.6 Å². The molecule has 6 nitrogen and oxygen atoms in total. The van der Waals surface area contributed by atoms with E-state index >= 15 is 0 Å². The molecule has 1 saturated heterocycles. The summed E-state index contributed by atoms with van der Waals surface area (Å²) < 4.78 is 5.36. The summed E-state index contributed by atoms with van der Waals surface area (Å²) in [4.78, 5) is 30.0. The fraction of sp³-hybridized carbons (Fsp3) is 0.292. The lowest BCUT2D eigenvalue weighted by atomic mass is 10.00. The predicted octanol–water partition coefficient (Wildman–Crippen LogP) is 3.95. The lowest BCUT2D eigenvalue weighted by molar-refractivity contribution is 0.0642. The Labute approximate surface area is 175 Å². The highest BCUT2D eigenvalue weighted by atomic mass is 16.5. The molecule has 1 aliphatic heterocycles. The first kappa shape index (κ1) is 20.0. The predicted molar refractivity (Wildman–Crippen MR) is 117 cm³/mol. The Bertz CT molecular complexity index is 1070. The number of hydrogen-bond donors (Lipinski definition) is 2. The maximum absolute atomic E-state index is 13.0. The van der Waals surface area contributed by atoms with Gasteiger partial charge in [-0.25, -0.2) is 4.98 Å². The van der Waals surface area contributed by atoms with Crippen molar-refractivity contribution in [2.45, 2.75) is 19.8 Å². The molecule has 2 aromatic carbocycles.